The summed E-state index contributed by atoms with van der Waals surface area (Å²) >= 11 is 0. The monoisotopic (exact) mass is 223 g/mol. The summed E-state index contributed by atoms with van der Waals surface area (Å²) in [6.45, 7) is 2.40. The van der Waals surface area contributed by atoms with E-state index in [9.17, 15) is 4.79 Å². The zero-order valence-corrected chi connectivity index (χ0v) is 9.82. The summed E-state index contributed by atoms with van der Waals surface area (Å²) in [4.78, 5) is 11.7. The van der Waals surface area contributed by atoms with Crippen LogP contribution >= 0.6 is 0 Å². The van der Waals surface area contributed by atoms with Crippen molar-refractivity contribution in [3.8, 4) is 5.75 Å². The molecule has 1 amide bonds. The molecule has 0 radical (unpaired) electrons. The highest BCUT2D eigenvalue weighted by Gasteiger charge is 2.09. The first-order chi connectivity index (χ1) is 7.67. The summed E-state index contributed by atoms with van der Waals surface area (Å²) < 4.78 is 9.96. The van der Waals surface area contributed by atoms with Gasteiger partial charge in [0.15, 0.2) is 0 Å². The number of methoxy groups -OCH3 is 2. The van der Waals surface area contributed by atoms with Crippen molar-refractivity contribution < 1.29 is 14.3 Å². The van der Waals surface area contributed by atoms with E-state index in [0.29, 0.717) is 12.2 Å². The summed E-state index contributed by atoms with van der Waals surface area (Å²) in [5.74, 6) is 0.633. The molecule has 0 heterocycles. The molecule has 4 heteroatoms. The fraction of sp³-hybridized carbons (Fsp3) is 0.417. The molecule has 0 unspecified atom stereocenters. The Hall–Kier alpha value is -1.55. The van der Waals surface area contributed by atoms with Gasteiger partial charge in [-0.05, 0) is 31.2 Å². The van der Waals surface area contributed by atoms with Gasteiger partial charge in [-0.15, -0.1) is 0 Å². The molecule has 0 aliphatic carbocycles. The number of carbonyl (C=O) groups excluding carboxylic acids is 1. The van der Waals surface area contributed by atoms with E-state index in [4.69, 9.17) is 9.47 Å². The topological polar surface area (TPSA) is 47.6 Å². The normalized spacial score (nSPS) is 11.9. The second kappa shape index (κ2) is 6.12. The summed E-state index contributed by atoms with van der Waals surface area (Å²) in [7, 11) is 3.20. The molecule has 0 aliphatic heterocycles. The van der Waals surface area contributed by atoms with Crippen molar-refractivity contribution in [1.29, 1.82) is 0 Å². The molecule has 0 saturated heterocycles. The molecule has 0 aliphatic rings. The van der Waals surface area contributed by atoms with E-state index in [1.807, 2.05) is 6.92 Å². The number of hydrogen-bond acceptors (Lipinski definition) is 3. The van der Waals surface area contributed by atoms with Gasteiger partial charge in [0.05, 0.1) is 13.7 Å². The van der Waals surface area contributed by atoms with Crippen LogP contribution in [0.4, 0.5) is 0 Å². The number of nitrogens with one attached hydrogen (secondary N) is 1. The second-order valence-electron chi connectivity index (χ2n) is 3.56. The first-order valence-electron chi connectivity index (χ1n) is 5.11. The van der Waals surface area contributed by atoms with Gasteiger partial charge in [-0.25, -0.2) is 0 Å². The molecule has 1 rings (SSSR count). The van der Waals surface area contributed by atoms with E-state index in [2.05, 4.69) is 5.32 Å². The predicted octanol–water partition coefficient (Wildman–Crippen LogP) is 1.46. The Morgan fingerprint density at radius 1 is 1.31 bits per heavy atom. The highest BCUT2D eigenvalue weighted by Crippen LogP contribution is 2.11. The van der Waals surface area contributed by atoms with Crippen molar-refractivity contribution >= 4 is 5.91 Å². The van der Waals surface area contributed by atoms with Gasteiger partial charge in [-0.1, -0.05) is 0 Å². The van der Waals surface area contributed by atoms with Crippen LogP contribution in [0.15, 0.2) is 24.3 Å². The minimum atomic E-state index is -0.104. The number of amides is 1. The van der Waals surface area contributed by atoms with Crippen LogP contribution < -0.4 is 10.1 Å². The van der Waals surface area contributed by atoms with Gasteiger partial charge >= 0.3 is 0 Å². The van der Waals surface area contributed by atoms with Crippen molar-refractivity contribution in [3.63, 3.8) is 0 Å². The molecule has 16 heavy (non-hydrogen) atoms. The first-order valence-corrected chi connectivity index (χ1v) is 5.11. The summed E-state index contributed by atoms with van der Waals surface area (Å²) in [5.41, 5.74) is 0.615. The van der Waals surface area contributed by atoms with Crippen LogP contribution in [0.25, 0.3) is 0 Å². The fourth-order valence-electron chi connectivity index (χ4n) is 1.34. The lowest BCUT2D eigenvalue weighted by molar-refractivity contribution is 0.0905. The Morgan fingerprint density at radius 2 is 1.94 bits per heavy atom. The lowest BCUT2D eigenvalue weighted by Gasteiger charge is -2.12. The van der Waals surface area contributed by atoms with Gasteiger partial charge < -0.3 is 14.8 Å². The Kier molecular flexibility index (Phi) is 4.79. The van der Waals surface area contributed by atoms with Crippen LogP contribution in [0.2, 0.25) is 0 Å². The van der Waals surface area contributed by atoms with Crippen LogP contribution in [0, 0.1) is 0 Å². The van der Waals surface area contributed by atoms with Crippen LogP contribution in [0.3, 0.4) is 0 Å². The van der Waals surface area contributed by atoms with Crippen LogP contribution in [0.5, 0.6) is 5.75 Å². The zero-order valence-electron chi connectivity index (χ0n) is 9.82. The van der Waals surface area contributed by atoms with Crippen LogP contribution in [-0.4, -0.2) is 32.8 Å². The van der Waals surface area contributed by atoms with Crippen LogP contribution in [-0.2, 0) is 4.74 Å². The standard InChI is InChI=1S/C12H17NO3/c1-9(8-15-2)13-12(14)10-4-6-11(16-3)7-5-10/h4-7,9H,8H2,1-3H3,(H,13,14)/t9-/m0/s1. The number of carbonyl (C=O) groups is 1. The van der Waals surface area contributed by atoms with E-state index < -0.39 is 0 Å². The number of benzene rings is 1. The van der Waals surface area contributed by atoms with E-state index in [0.717, 1.165) is 5.75 Å². The summed E-state index contributed by atoms with van der Waals surface area (Å²) in [5, 5.41) is 2.83. The molecule has 4 nitrogen and oxygen atoms in total. The van der Waals surface area contributed by atoms with E-state index in [1.54, 1.807) is 38.5 Å². The largest absolute Gasteiger partial charge is 0.497 e. The Bertz CT molecular complexity index is 335. The third-order valence-corrected chi connectivity index (χ3v) is 2.15. The minimum Gasteiger partial charge on any atom is -0.497 e. The van der Waals surface area contributed by atoms with Crippen molar-refractivity contribution in [2.75, 3.05) is 20.8 Å². The third kappa shape index (κ3) is 3.55. The van der Waals surface area contributed by atoms with Gasteiger partial charge in [-0.3, -0.25) is 4.79 Å². The maximum atomic E-state index is 11.7. The first kappa shape index (κ1) is 12.5. The molecule has 88 valence electrons. The average Bonchev–Trinajstić information content (AvgIpc) is 2.29. The Labute approximate surface area is 95.6 Å². The Balaban J connectivity index is 2.59. The molecule has 0 aromatic heterocycles. The van der Waals surface area contributed by atoms with Crippen molar-refractivity contribution in [1.82, 2.24) is 5.32 Å². The van der Waals surface area contributed by atoms with Crippen molar-refractivity contribution in [2.45, 2.75) is 13.0 Å². The molecular formula is C12H17NO3. The van der Waals surface area contributed by atoms with E-state index in [-0.39, 0.29) is 11.9 Å². The van der Waals surface area contributed by atoms with Crippen molar-refractivity contribution in [2.24, 2.45) is 0 Å². The van der Waals surface area contributed by atoms with E-state index >= 15 is 0 Å². The summed E-state index contributed by atoms with van der Waals surface area (Å²) in [6.07, 6.45) is 0. The van der Waals surface area contributed by atoms with Gasteiger partial charge in [0.1, 0.15) is 5.75 Å². The molecule has 0 spiro atoms. The number of hydrogen-bond donors (Lipinski definition) is 1. The predicted molar refractivity (Wildman–Crippen MR) is 61.8 cm³/mol. The summed E-state index contributed by atoms with van der Waals surface area (Å²) in [6, 6.07) is 6.98. The molecule has 1 aromatic carbocycles. The van der Waals surface area contributed by atoms with Gasteiger partial charge in [0.2, 0.25) is 0 Å². The molecule has 1 N–H and O–H groups in total. The fourth-order valence-corrected chi connectivity index (χ4v) is 1.34. The lowest BCUT2D eigenvalue weighted by Crippen LogP contribution is -2.35. The molecule has 1 aromatic rings. The lowest BCUT2D eigenvalue weighted by atomic mass is 10.2. The van der Waals surface area contributed by atoms with Gasteiger partial charge in [-0.2, -0.15) is 0 Å². The Morgan fingerprint density at radius 3 is 2.44 bits per heavy atom. The molecule has 0 saturated carbocycles. The minimum absolute atomic E-state index is 0.000369. The second-order valence-corrected chi connectivity index (χ2v) is 3.56. The third-order valence-electron chi connectivity index (χ3n) is 2.15. The molecule has 1 atom stereocenters. The highest BCUT2D eigenvalue weighted by molar-refractivity contribution is 5.94. The smallest absolute Gasteiger partial charge is 0.251 e. The average molecular weight is 223 g/mol. The highest BCUT2D eigenvalue weighted by atomic mass is 16.5. The SMILES string of the molecule is COC[C@H](C)NC(=O)c1ccc(OC)cc1. The van der Waals surface area contributed by atoms with Crippen molar-refractivity contribution in [3.05, 3.63) is 29.8 Å². The van der Waals surface area contributed by atoms with E-state index in [1.165, 1.54) is 0 Å². The van der Waals surface area contributed by atoms with Gasteiger partial charge in [0.25, 0.3) is 5.91 Å². The quantitative estimate of drug-likeness (QED) is 0.822. The van der Waals surface area contributed by atoms with Gasteiger partial charge in [0, 0.05) is 18.7 Å². The molecule has 0 fully saturated rings. The molecular weight excluding hydrogens is 206 g/mol. The number of rotatable bonds is 5. The maximum Gasteiger partial charge on any atom is 0.251 e. The maximum absolute atomic E-state index is 11.7. The zero-order chi connectivity index (χ0) is 12.0. The molecule has 0 bridgehead atoms. The number of ether oxygens (including phenoxy) is 2. The van der Waals surface area contributed by atoms with Crippen LogP contribution in [0.1, 0.15) is 17.3 Å².